The Morgan fingerprint density at radius 1 is 1.33 bits per heavy atom. The lowest BCUT2D eigenvalue weighted by Crippen LogP contribution is -2.44. The van der Waals surface area contributed by atoms with E-state index >= 15 is 0 Å². The van der Waals surface area contributed by atoms with E-state index in [-0.39, 0.29) is 6.42 Å². The van der Waals surface area contributed by atoms with Crippen LogP contribution < -0.4 is 5.32 Å². The monoisotopic (exact) mass is 231 g/mol. The van der Waals surface area contributed by atoms with Gasteiger partial charge >= 0.3 is 18.1 Å². The fourth-order valence-electron chi connectivity index (χ4n) is 0.753. The van der Waals surface area contributed by atoms with Crippen molar-refractivity contribution in [2.45, 2.75) is 25.1 Å². The molecule has 0 aliphatic carbocycles. The van der Waals surface area contributed by atoms with Crippen LogP contribution in [0, 0.1) is 0 Å². The molecule has 0 unspecified atom stereocenters. The number of carboxylic acids is 1. The van der Waals surface area contributed by atoms with Gasteiger partial charge in [0.1, 0.15) is 6.67 Å². The summed E-state index contributed by atoms with van der Waals surface area (Å²) in [7, 11) is 0. The average molecular weight is 231 g/mol. The minimum atomic E-state index is -5.09. The van der Waals surface area contributed by atoms with Gasteiger partial charge in [-0.25, -0.2) is 4.39 Å². The Morgan fingerprint density at radius 3 is 2.20 bits per heavy atom. The summed E-state index contributed by atoms with van der Waals surface area (Å²) >= 11 is 0. The Bertz CT molecular complexity index is 241. The molecule has 0 rings (SSSR count). The lowest BCUT2D eigenvalue weighted by molar-refractivity contribution is -0.174. The zero-order valence-electron chi connectivity index (χ0n) is 7.47. The van der Waals surface area contributed by atoms with Crippen molar-refractivity contribution < 1.29 is 32.3 Å². The summed E-state index contributed by atoms with van der Waals surface area (Å²) in [6, 6.07) is -1.42. The molecule has 1 atom stereocenters. The molecule has 0 aliphatic heterocycles. The molecule has 0 aliphatic rings. The average Bonchev–Trinajstić information content (AvgIpc) is 2.09. The standard InChI is InChI=1S/C7H9F4NO3/c8-3-4(1-2-5(13)14)12-6(15)7(9,10)11/h4H,1-3H2,(H,12,15)(H,13,14)/t4-/m0/s1. The normalized spacial score (nSPS) is 13.3. The summed E-state index contributed by atoms with van der Waals surface area (Å²) in [5.41, 5.74) is 0. The number of rotatable bonds is 5. The molecule has 0 saturated carbocycles. The zero-order valence-corrected chi connectivity index (χ0v) is 7.47. The molecule has 1 amide bonds. The van der Waals surface area contributed by atoms with E-state index in [2.05, 4.69) is 0 Å². The molecule has 0 radical (unpaired) electrons. The van der Waals surface area contributed by atoms with Gasteiger partial charge < -0.3 is 10.4 Å². The highest BCUT2D eigenvalue weighted by atomic mass is 19.4. The molecule has 0 saturated heterocycles. The lowest BCUT2D eigenvalue weighted by Gasteiger charge is -2.15. The SMILES string of the molecule is O=C(O)CC[C@@H](CF)NC(=O)C(F)(F)F. The molecule has 8 heteroatoms. The van der Waals surface area contributed by atoms with E-state index in [1.807, 2.05) is 0 Å². The van der Waals surface area contributed by atoms with Gasteiger partial charge in [-0.1, -0.05) is 0 Å². The van der Waals surface area contributed by atoms with Crippen molar-refractivity contribution in [2.24, 2.45) is 0 Å². The van der Waals surface area contributed by atoms with Crippen molar-refractivity contribution in [1.82, 2.24) is 5.32 Å². The maximum atomic E-state index is 12.1. The van der Waals surface area contributed by atoms with Crippen LogP contribution in [0.3, 0.4) is 0 Å². The number of carbonyl (C=O) groups excluding carboxylic acids is 1. The molecule has 0 heterocycles. The van der Waals surface area contributed by atoms with Crippen LogP contribution in [0.25, 0.3) is 0 Å². The second-order valence-electron chi connectivity index (χ2n) is 2.75. The van der Waals surface area contributed by atoms with Crippen LogP contribution in [0.5, 0.6) is 0 Å². The Labute approximate surface area is 82.3 Å². The first-order valence-electron chi connectivity index (χ1n) is 3.92. The number of nitrogens with one attached hydrogen (secondary N) is 1. The fraction of sp³-hybridized carbons (Fsp3) is 0.714. The van der Waals surface area contributed by atoms with Gasteiger partial charge in [-0.2, -0.15) is 13.2 Å². The molecule has 2 N–H and O–H groups in total. The molecule has 0 aromatic heterocycles. The van der Waals surface area contributed by atoms with Crippen molar-refractivity contribution in [3.05, 3.63) is 0 Å². The van der Waals surface area contributed by atoms with E-state index in [1.54, 1.807) is 0 Å². The molecular weight excluding hydrogens is 222 g/mol. The first-order valence-corrected chi connectivity index (χ1v) is 3.92. The van der Waals surface area contributed by atoms with Crippen molar-refractivity contribution in [3.63, 3.8) is 0 Å². The quantitative estimate of drug-likeness (QED) is 0.690. The molecule has 0 bridgehead atoms. The molecule has 0 aromatic carbocycles. The lowest BCUT2D eigenvalue weighted by atomic mass is 10.2. The number of alkyl halides is 4. The third kappa shape index (κ3) is 5.87. The van der Waals surface area contributed by atoms with Crippen LogP contribution >= 0.6 is 0 Å². The van der Waals surface area contributed by atoms with E-state index in [0.717, 1.165) is 0 Å². The largest absolute Gasteiger partial charge is 0.481 e. The van der Waals surface area contributed by atoms with E-state index in [0.29, 0.717) is 0 Å². The molecule has 15 heavy (non-hydrogen) atoms. The van der Waals surface area contributed by atoms with Crippen molar-refractivity contribution in [2.75, 3.05) is 6.67 Å². The number of hydrogen-bond donors (Lipinski definition) is 2. The summed E-state index contributed by atoms with van der Waals surface area (Å²) in [6.07, 6.45) is -5.98. The van der Waals surface area contributed by atoms with Gasteiger partial charge in [0.05, 0.1) is 6.04 Å². The van der Waals surface area contributed by atoms with Crippen molar-refractivity contribution >= 4 is 11.9 Å². The highest BCUT2D eigenvalue weighted by Gasteiger charge is 2.39. The van der Waals surface area contributed by atoms with Gasteiger partial charge in [0, 0.05) is 6.42 Å². The third-order valence-electron chi connectivity index (χ3n) is 1.49. The fourth-order valence-corrected chi connectivity index (χ4v) is 0.753. The molecule has 0 aromatic rings. The highest BCUT2D eigenvalue weighted by molar-refractivity contribution is 5.82. The Kier molecular flexibility index (Phi) is 5.03. The van der Waals surface area contributed by atoms with Gasteiger partial charge in [-0.3, -0.25) is 9.59 Å². The van der Waals surface area contributed by atoms with E-state index < -0.39 is 37.2 Å². The summed E-state index contributed by atoms with van der Waals surface area (Å²) in [5.74, 6) is -3.54. The Hall–Kier alpha value is -1.34. The van der Waals surface area contributed by atoms with E-state index in [4.69, 9.17) is 5.11 Å². The van der Waals surface area contributed by atoms with E-state index in [9.17, 15) is 27.2 Å². The van der Waals surface area contributed by atoms with Crippen molar-refractivity contribution in [3.8, 4) is 0 Å². The Balaban J connectivity index is 4.10. The maximum absolute atomic E-state index is 12.1. The third-order valence-corrected chi connectivity index (χ3v) is 1.49. The van der Waals surface area contributed by atoms with Crippen LogP contribution in [0.4, 0.5) is 17.6 Å². The highest BCUT2D eigenvalue weighted by Crippen LogP contribution is 2.15. The summed E-state index contributed by atoms with van der Waals surface area (Å²) in [6.45, 7) is -1.24. The van der Waals surface area contributed by atoms with Gasteiger partial charge in [-0.15, -0.1) is 0 Å². The minimum Gasteiger partial charge on any atom is -0.481 e. The predicted molar refractivity (Wildman–Crippen MR) is 40.8 cm³/mol. The zero-order chi connectivity index (χ0) is 12.1. The first kappa shape index (κ1) is 13.7. The number of aliphatic carboxylic acids is 1. The number of carboxylic acid groups (broad SMARTS) is 1. The summed E-state index contributed by atoms with van der Waals surface area (Å²) in [5, 5.41) is 9.55. The molecule has 4 nitrogen and oxygen atoms in total. The first-order chi connectivity index (χ1) is 6.77. The van der Waals surface area contributed by atoms with Gasteiger partial charge in [0.15, 0.2) is 0 Å². The van der Waals surface area contributed by atoms with Crippen LogP contribution in [0.2, 0.25) is 0 Å². The number of hydrogen-bond acceptors (Lipinski definition) is 2. The summed E-state index contributed by atoms with van der Waals surface area (Å²) < 4.78 is 47.2. The molecule has 0 fully saturated rings. The van der Waals surface area contributed by atoms with Crippen LogP contribution in [-0.4, -0.2) is 35.9 Å². The predicted octanol–water partition coefficient (Wildman–Crippen LogP) is 0.868. The number of halogens is 4. The minimum absolute atomic E-state index is 0.381. The maximum Gasteiger partial charge on any atom is 0.471 e. The summed E-state index contributed by atoms with van der Waals surface area (Å²) in [4.78, 5) is 20.4. The van der Waals surface area contributed by atoms with Gasteiger partial charge in [-0.05, 0) is 6.42 Å². The van der Waals surface area contributed by atoms with Crippen LogP contribution in [0.1, 0.15) is 12.8 Å². The van der Waals surface area contributed by atoms with Crippen LogP contribution in [-0.2, 0) is 9.59 Å². The second-order valence-corrected chi connectivity index (χ2v) is 2.75. The second kappa shape index (κ2) is 5.52. The van der Waals surface area contributed by atoms with Gasteiger partial charge in [0.2, 0.25) is 0 Å². The number of amides is 1. The molecule has 88 valence electrons. The Morgan fingerprint density at radius 2 is 1.87 bits per heavy atom. The molecular formula is C7H9F4NO3. The smallest absolute Gasteiger partial charge is 0.471 e. The number of carbonyl (C=O) groups is 2. The van der Waals surface area contributed by atoms with E-state index in [1.165, 1.54) is 5.32 Å². The topological polar surface area (TPSA) is 66.4 Å². The molecule has 0 spiro atoms. The van der Waals surface area contributed by atoms with Gasteiger partial charge in [0.25, 0.3) is 0 Å². The van der Waals surface area contributed by atoms with Crippen molar-refractivity contribution in [1.29, 1.82) is 0 Å². The van der Waals surface area contributed by atoms with Crippen LogP contribution in [0.15, 0.2) is 0 Å².